The summed E-state index contributed by atoms with van der Waals surface area (Å²) in [4.78, 5) is 0. The van der Waals surface area contributed by atoms with Gasteiger partial charge in [0.25, 0.3) is 0 Å². The lowest BCUT2D eigenvalue weighted by molar-refractivity contribution is 0.726. The molecule has 0 aliphatic carbocycles. The third-order valence-corrected chi connectivity index (χ3v) is 4.16. The molecule has 0 aliphatic heterocycles. The molecular formula is C11H19NSi. The summed E-state index contributed by atoms with van der Waals surface area (Å²) in [5.74, 6) is 0. The van der Waals surface area contributed by atoms with Crippen LogP contribution in [0.3, 0.4) is 0 Å². The molecule has 0 bridgehead atoms. The quantitative estimate of drug-likeness (QED) is 0.530. The summed E-state index contributed by atoms with van der Waals surface area (Å²) in [7, 11) is 0.0198. The number of benzene rings is 1. The molecular weight excluding hydrogens is 174 g/mol. The van der Waals surface area contributed by atoms with E-state index in [9.17, 15) is 0 Å². The molecule has 2 N–H and O–H groups in total. The first-order chi connectivity index (χ1) is 6.43. The predicted molar refractivity (Wildman–Crippen MR) is 62.3 cm³/mol. The van der Waals surface area contributed by atoms with Crippen LogP contribution in [0.15, 0.2) is 30.3 Å². The fraction of sp³-hybridized carbons (Fsp3) is 0.455. The normalized spacial score (nSPS) is 11.2. The van der Waals surface area contributed by atoms with Gasteiger partial charge in [0.15, 0.2) is 0 Å². The topological polar surface area (TPSA) is 26.0 Å². The van der Waals surface area contributed by atoms with Gasteiger partial charge in [0, 0.05) is 0 Å². The summed E-state index contributed by atoms with van der Waals surface area (Å²) < 4.78 is 0. The first kappa shape index (κ1) is 10.5. The van der Waals surface area contributed by atoms with E-state index in [1.165, 1.54) is 25.3 Å². The Morgan fingerprint density at radius 2 is 1.77 bits per heavy atom. The number of rotatable bonds is 6. The van der Waals surface area contributed by atoms with Gasteiger partial charge in [-0.25, -0.2) is 0 Å². The van der Waals surface area contributed by atoms with Crippen molar-refractivity contribution in [2.45, 2.75) is 25.3 Å². The third kappa shape index (κ3) is 4.86. The van der Waals surface area contributed by atoms with Crippen molar-refractivity contribution in [3.63, 3.8) is 0 Å². The fourth-order valence-corrected chi connectivity index (χ4v) is 3.09. The number of unbranched alkanes of at least 4 members (excludes halogenated alkanes) is 2. The zero-order chi connectivity index (χ0) is 9.36. The van der Waals surface area contributed by atoms with Crippen LogP contribution in [0.5, 0.6) is 0 Å². The molecule has 0 aromatic heterocycles. The Morgan fingerprint density at radius 1 is 1.00 bits per heavy atom. The molecule has 0 saturated heterocycles. The molecule has 0 amide bonds. The van der Waals surface area contributed by atoms with Crippen molar-refractivity contribution >= 4 is 14.7 Å². The van der Waals surface area contributed by atoms with Gasteiger partial charge in [-0.05, 0) is 13.0 Å². The molecule has 1 aromatic carbocycles. The molecule has 1 nitrogen and oxygen atoms in total. The number of hydrogen-bond acceptors (Lipinski definition) is 1. The van der Waals surface area contributed by atoms with E-state index in [1.807, 2.05) is 0 Å². The molecule has 1 rings (SSSR count). The van der Waals surface area contributed by atoms with Crippen molar-refractivity contribution in [2.24, 2.45) is 5.73 Å². The van der Waals surface area contributed by atoms with E-state index in [0.717, 1.165) is 6.54 Å². The van der Waals surface area contributed by atoms with Crippen molar-refractivity contribution < 1.29 is 0 Å². The summed E-state index contributed by atoms with van der Waals surface area (Å²) in [5, 5.41) is 1.59. The SMILES string of the molecule is NCCCCC[SiH2]c1ccccc1. The van der Waals surface area contributed by atoms with Crippen molar-refractivity contribution in [3.05, 3.63) is 30.3 Å². The lowest BCUT2D eigenvalue weighted by Gasteiger charge is -1.99. The maximum atomic E-state index is 5.43. The van der Waals surface area contributed by atoms with Crippen molar-refractivity contribution in [3.8, 4) is 0 Å². The zero-order valence-corrected chi connectivity index (χ0v) is 9.62. The number of hydrogen-bond donors (Lipinski definition) is 1. The van der Waals surface area contributed by atoms with Gasteiger partial charge in [-0.15, -0.1) is 0 Å². The first-order valence-corrected chi connectivity index (χ1v) is 6.88. The van der Waals surface area contributed by atoms with Crippen LogP contribution in [0.4, 0.5) is 0 Å². The average Bonchev–Trinajstić information content (AvgIpc) is 2.19. The second-order valence-corrected chi connectivity index (χ2v) is 5.46. The Bertz CT molecular complexity index is 211. The van der Waals surface area contributed by atoms with E-state index in [4.69, 9.17) is 5.73 Å². The first-order valence-electron chi connectivity index (χ1n) is 5.17. The smallest absolute Gasteiger partial charge is 0.0547 e. The summed E-state index contributed by atoms with van der Waals surface area (Å²) >= 11 is 0. The van der Waals surface area contributed by atoms with Gasteiger partial charge in [0.2, 0.25) is 0 Å². The maximum Gasteiger partial charge on any atom is 0.0547 e. The van der Waals surface area contributed by atoms with Gasteiger partial charge in [0.1, 0.15) is 0 Å². The molecule has 0 unspecified atom stereocenters. The molecule has 2 heteroatoms. The summed E-state index contributed by atoms with van der Waals surface area (Å²) in [5.41, 5.74) is 5.43. The van der Waals surface area contributed by atoms with Crippen LogP contribution in [-0.2, 0) is 0 Å². The Labute approximate surface area is 83.2 Å². The van der Waals surface area contributed by atoms with Crippen LogP contribution in [-0.4, -0.2) is 16.1 Å². The van der Waals surface area contributed by atoms with Gasteiger partial charge in [-0.1, -0.05) is 54.4 Å². The summed E-state index contributed by atoms with van der Waals surface area (Å²) in [6.07, 6.45) is 3.89. The van der Waals surface area contributed by atoms with E-state index < -0.39 is 0 Å². The Kier molecular flexibility index (Phi) is 5.53. The van der Waals surface area contributed by atoms with Gasteiger partial charge >= 0.3 is 0 Å². The highest BCUT2D eigenvalue weighted by Crippen LogP contribution is 1.98. The van der Waals surface area contributed by atoms with Crippen LogP contribution >= 0.6 is 0 Å². The van der Waals surface area contributed by atoms with Gasteiger partial charge in [0.05, 0.1) is 9.52 Å². The molecule has 0 heterocycles. The molecule has 0 fully saturated rings. The minimum Gasteiger partial charge on any atom is -0.330 e. The van der Waals surface area contributed by atoms with E-state index in [2.05, 4.69) is 30.3 Å². The molecule has 0 saturated carbocycles. The zero-order valence-electron chi connectivity index (χ0n) is 8.21. The van der Waals surface area contributed by atoms with E-state index in [1.54, 1.807) is 5.19 Å². The Balaban J connectivity index is 2.07. The standard InChI is InChI=1S/C11H19NSi/c12-9-5-2-6-10-13-11-7-3-1-4-8-11/h1,3-4,7-8H,2,5-6,9-10,12-13H2. The maximum absolute atomic E-state index is 5.43. The van der Waals surface area contributed by atoms with Crippen LogP contribution < -0.4 is 10.9 Å². The minimum absolute atomic E-state index is 0.0198. The van der Waals surface area contributed by atoms with Crippen LogP contribution in [0.1, 0.15) is 19.3 Å². The minimum atomic E-state index is 0.0198. The van der Waals surface area contributed by atoms with Crippen LogP contribution in [0.2, 0.25) is 6.04 Å². The predicted octanol–water partition coefficient (Wildman–Crippen LogP) is 1.03. The lowest BCUT2D eigenvalue weighted by Crippen LogP contribution is -2.12. The number of nitrogens with two attached hydrogens (primary N) is 1. The highest BCUT2D eigenvalue weighted by molar-refractivity contribution is 6.53. The molecule has 72 valence electrons. The van der Waals surface area contributed by atoms with Gasteiger partial charge in [-0.2, -0.15) is 0 Å². The fourth-order valence-electron chi connectivity index (χ4n) is 1.47. The van der Waals surface area contributed by atoms with E-state index >= 15 is 0 Å². The Hall–Kier alpha value is -0.603. The summed E-state index contributed by atoms with van der Waals surface area (Å²) in [6.45, 7) is 0.854. The molecule has 0 spiro atoms. The largest absolute Gasteiger partial charge is 0.330 e. The monoisotopic (exact) mass is 193 g/mol. The second-order valence-electron chi connectivity index (χ2n) is 3.44. The molecule has 0 atom stereocenters. The van der Waals surface area contributed by atoms with Crippen molar-refractivity contribution in [1.82, 2.24) is 0 Å². The van der Waals surface area contributed by atoms with Crippen LogP contribution in [0.25, 0.3) is 0 Å². The second kappa shape index (κ2) is 6.86. The van der Waals surface area contributed by atoms with Crippen LogP contribution in [0, 0.1) is 0 Å². The average molecular weight is 193 g/mol. The summed E-state index contributed by atoms with van der Waals surface area (Å²) in [6, 6.07) is 12.3. The van der Waals surface area contributed by atoms with Crippen molar-refractivity contribution in [1.29, 1.82) is 0 Å². The molecule has 1 aromatic rings. The highest BCUT2D eigenvalue weighted by atomic mass is 28.2. The van der Waals surface area contributed by atoms with E-state index in [-0.39, 0.29) is 9.52 Å². The Morgan fingerprint density at radius 3 is 2.46 bits per heavy atom. The lowest BCUT2D eigenvalue weighted by atomic mass is 10.2. The molecule has 13 heavy (non-hydrogen) atoms. The van der Waals surface area contributed by atoms with Gasteiger partial charge < -0.3 is 5.73 Å². The highest BCUT2D eigenvalue weighted by Gasteiger charge is 1.92. The third-order valence-electron chi connectivity index (χ3n) is 2.26. The van der Waals surface area contributed by atoms with E-state index in [0.29, 0.717) is 0 Å². The van der Waals surface area contributed by atoms with Gasteiger partial charge in [-0.3, -0.25) is 0 Å². The molecule has 0 aliphatic rings. The molecule has 0 radical (unpaired) electrons. The van der Waals surface area contributed by atoms with Crippen molar-refractivity contribution in [2.75, 3.05) is 6.54 Å².